The highest BCUT2D eigenvalue weighted by atomic mass is 16.4. The van der Waals surface area contributed by atoms with E-state index in [-0.39, 0.29) is 6.42 Å². The van der Waals surface area contributed by atoms with Crippen LogP contribution in [-0.4, -0.2) is 87.6 Å². The number of carbonyl (C=O) groups is 4. The molecule has 0 saturated carbocycles. The predicted octanol–water partition coefficient (Wildman–Crippen LogP) is -3.54. The molecule has 0 spiro atoms. The molecule has 1 rings (SSSR count). The van der Waals surface area contributed by atoms with E-state index in [2.05, 4.69) is 10.6 Å². The first-order chi connectivity index (χ1) is 14.6. The molecule has 0 heterocycles. The first-order valence-corrected chi connectivity index (χ1v) is 9.43. The molecule has 31 heavy (non-hydrogen) atoms. The van der Waals surface area contributed by atoms with Crippen molar-refractivity contribution < 1.29 is 39.6 Å². The molecule has 0 radical (unpaired) electrons. The van der Waals surface area contributed by atoms with Crippen LogP contribution in [0.15, 0.2) is 30.3 Å². The fraction of sp³-hybridized carbons (Fsp3) is 0.474. The number of nitrogens with one attached hydrogen (secondary N) is 3. The highest BCUT2D eigenvalue weighted by molar-refractivity contribution is 5.94. The molecule has 1 aromatic rings. The van der Waals surface area contributed by atoms with Crippen molar-refractivity contribution >= 4 is 23.7 Å². The van der Waals surface area contributed by atoms with E-state index in [1.165, 1.54) is 0 Å². The lowest BCUT2D eigenvalue weighted by Crippen LogP contribution is -2.59. The van der Waals surface area contributed by atoms with Crippen LogP contribution in [0.2, 0.25) is 0 Å². The molecule has 5 atom stereocenters. The van der Waals surface area contributed by atoms with E-state index in [1.54, 1.807) is 30.3 Å². The Labute approximate surface area is 178 Å². The molecule has 0 fully saturated rings. The van der Waals surface area contributed by atoms with Gasteiger partial charge in [-0.15, -0.1) is 0 Å². The normalized spacial score (nSPS) is 15.6. The van der Waals surface area contributed by atoms with Gasteiger partial charge in [-0.2, -0.15) is 0 Å². The minimum absolute atomic E-state index is 0.0156. The van der Waals surface area contributed by atoms with Gasteiger partial charge in [-0.1, -0.05) is 30.3 Å². The molecule has 172 valence electrons. The van der Waals surface area contributed by atoms with Gasteiger partial charge in [0.2, 0.25) is 17.7 Å². The standard InChI is InChI=1S/C19H28N4O8/c1-10(26)15(19(30)31)23-18(29)14(9-25)22-17(28)13(21-16(27)12(20)8-24)7-11-5-3-2-4-6-11/h2-6,10,12-15,24-26H,7-9,20H2,1H3,(H,21,27)(H,22,28)(H,23,29)(H,30,31). The summed E-state index contributed by atoms with van der Waals surface area (Å²) in [4.78, 5) is 48.2. The summed E-state index contributed by atoms with van der Waals surface area (Å²) in [5, 5.41) is 43.7. The largest absolute Gasteiger partial charge is 0.480 e. The summed E-state index contributed by atoms with van der Waals surface area (Å²) in [6.07, 6.45) is -1.41. The quantitative estimate of drug-likeness (QED) is 0.161. The Morgan fingerprint density at radius 2 is 1.45 bits per heavy atom. The van der Waals surface area contributed by atoms with Crippen LogP contribution in [0.5, 0.6) is 0 Å². The van der Waals surface area contributed by atoms with Gasteiger partial charge < -0.3 is 42.1 Å². The van der Waals surface area contributed by atoms with Crippen molar-refractivity contribution in [1.29, 1.82) is 0 Å². The third kappa shape index (κ3) is 8.30. The van der Waals surface area contributed by atoms with Crippen molar-refractivity contribution in [2.24, 2.45) is 5.73 Å². The van der Waals surface area contributed by atoms with Gasteiger partial charge in [-0.3, -0.25) is 14.4 Å². The van der Waals surface area contributed by atoms with Gasteiger partial charge in [0, 0.05) is 6.42 Å². The number of aliphatic carboxylic acids is 1. The third-order valence-electron chi connectivity index (χ3n) is 4.31. The van der Waals surface area contributed by atoms with Crippen molar-refractivity contribution in [1.82, 2.24) is 16.0 Å². The number of rotatable bonds is 12. The Hall–Kier alpha value is -3.06. The number of carboxylic acid groups (broad SMARTS) is 1. The van der Waals surface area contributed by atoms with Crippen LogP contribution in [-0.2, 0) is 25.6 Å². The zero-order valence-electron chi connectivity index (χ0n) is 16.9. The molecule has 5 unspecified atom stereocenters. The SMILES string of the molecule is CC(O)C(NC(=O)C(CO)NC(=O)C(Cc1ccccc1)NC(=O)C(N)CO)C(=O)O. The number of nitrogens with two attached hydrogens (primary N) is 1. The van der Waals surface area contributed by atoms with Crippen LogP contribution < -0.4 is 21.7 Å². The van der Waals surface area contributed by atoms with Crippen LogP contribution in [0.3, 0.4) is 0 Å². The molecule has 9 N–H and O–H groups in total. The lowest BCUT2D eigenvalue weighted by atomic mass is 10.0. The number of carbonyl (C=O) groups excluding carboxylic acids is 3. The molecule has 12 nitrogen and oxygen atoms in total. The number of hydrogen-bond donors (Lipinski definition) is 8. The molecule has 0 aliphatic carbocycles. The maximum atomic E-state index is 12.7. The van der Waals surface area contributed by atoms with E-state index >= 15 is 0 Å². The zero-order valence-corrected chi connectivity index (χ0v) is 16.9. The first-order valence-electron chi connectivity index (χ1n) is 9.43. The van der Waals surface area contributed by atoms with Crippen LogP contribution in [0, 0.1) is 0 Å². The van der Waals surface area contributed by atoms with Crippen molar-refractivity contribution in [3.05, 3.63) is 35.9 Å². The van der Waals surface area contributed by atoms with Gasteiger partial charge in [-0.25, -0.2) is 4.79 Å². The lowest BCUT2D eigenvalue weighted by molar-refractivity contribution is -0.145. The summed E-state index contributed by atoms with van der Waals surface area (Å²) in [5.41, 5.74) is 6.14. The fourth-order valence-electron chi connectivity index (χ4n) is 2.53. The minimum Gasteiger partial charge on any atom is -0.480 e. The van der Waals surface area contributed by atoms with E-state index in [1.807, 2.05) is 5.32 Å². The van der Waals surface area contributed by atoms with Gasteiger partial charge >= 0.3 is 5.97 Å². The lowest BCUT2D eigenvalue weighted by Gasteiger charge is -2.24. The van der Waals surface area contributed by atoms with Crippen LogP contribution >= 0.6 is 0 Å². The van der Waals surface area contributed by atoms with Gasteiger partial charge in [0.25, 0.3) is 0 Å². The number of aliphatic hydroxyl groups excluding tert-OH is 3. The summed E-state index contributed by atoms with van der Waals surface area (Å²) in [6, 6.07) is 2.92. The topological polar surface area (TPSA) is 211 Å². The second-order valence-electron chi connectivity index (χ2n) is 6.85. The predicted molar refractivity (Wildman–Crippen MR) is 107 cm³/mol. The monoisotopic (exact) mass is 440 g/mol. The average Bonchev–Trinajstić information content (AvgIpc) is 2.74. The Bertz CT molecular complexity index is 759. The van der Waals surface area contributed by atoms with Crippen molar-refractivity contribution in [2.45, 2.75) is 43.6 Å². The van der Waals surface area contributed by atoms with Crippen LogP contribution in [0.4, 0.5) is 0 Å². The first kappa shape index (κ1) is 26.0. The number of hydrogen-bond acceptors (Lipinski definition) is 8. The maximum absolute atomic E-state index is 12.7. The smallest absolute Gasteiger partial charge is 0.328 e. The number of amides is 3. The molecular formula is C19H28N4O8. The van der Waals surface area contributed by atoms with Crippen molar-refractivity contribution in [3.63, 3.8) is 0 Å². The molecule has 0 aromatic heterocycles. The molecule has 0 aliphatic rings. The van der Waals surface area contributed by atoms with Gasteiger partial charge in [-0.05, 0) is 12.5 Å². The fourth-order valence-corrected chi connectivity index (χ4v) is 2.53. The van der Waals surface area contributed by atoms with Crippen molar-refractivity contribution in [3.8, 4) is 0 Å². The minimum atomic E-state index is -1.65. The van der Waals surface area contributed by atoms with Gasteiger partial charge in [0.05, 0.1) is 19.3 Å². The van der Waals surface area contributed by atoms with E-state index in [0.717, 1.165) is 6.92 Å². The molecule has 0 saturated heterocycles. The zero-order chi connectivity index (χ0) is 23.6. The molecular weight excluding hydrogens is 412 g/mol. The van der Waals surface area contributed by atoms with Gasteiger partial charge in [0.15, 0.2) is 6.04 Å². The Kier molecular flexibility index (Phi) is 10.6. The molecule has 12 heteroatoms. The average molecular weight is 440 g/mol. The van der Waals surface area contributed by atoms with Crippen LogP contribution in [0.25, 0.3) is 0 Å². The summed E-state index contributed by atoms with van der Waals surface area (Å²) >= 11 is 0. The summed E-state index contributed by atoms with van der Waals surface area (Å²) in [6.45, 7) is -0.365. The van der Waals surface area contributed by atoms with Crippen molar-refractivity contribution in [2.75, 3.05) is 13.2 Å². The van der Waals surface area contributed by atoms with E-state index < -0.39 is 67.2 Å². The number of carboxylic acids is 1. The maximum Gasteiger partial charge on any atom is 0.328 e. The molecule has 1 aromatic carbocycles. The molecule has 3 amide bonds. The Morgan fingerprint density at radius 3 is 1.94 bits per heavy atom. The summed E-state index contributed by atoms with van der Waals surface area (Å²) < 4.78 is 0. The van der Waals surface area contributed by atoms with E-state index in [4.69, 9.17) is 15.9 Å². The second kappa shape index (κ2) is 12.6. The Morgan fingerprint density at radius 1 is 0.903 bits per heavy atom. The van der Waals surface area contributed by atoms with Gasteiger partial charge in [0.1, 0.15) is 18.1 Å². The highest BCUT2D eigenvalue weighted by Gasteiger charge is 2.31. The third-order valence-corrected chi connectivity index (χ3v) is 4.31. The molecule has 0 aliphatic heterocycles. The second-order valence-corrected chi connectivity index (χ2v) is 6.85. The summed E-state index contributed by atoms with van der Waals surface area (Å²) in [5.74, 6) is -4.19. The Balaban J connectivity index is 2.96. The van der Waals surface area contributed by atoms with E-state index in [0.29, 0.717) is 5.56 Å². The number of aliphatic hydroxyl groups is 3. The molecule has 0 bridgehead atoms. The highest BCUT2D eigenvalue weighted by Crippen LogP contribution is 2.05. The van der Waals surface area contributed by atoms with Crippen LogP contribution in [0.1, 0.15) is 12.5 Å². The number of benzene rings is 1. The summed E-state index contributed by atoms with van der Waals surface area (Å²) in [7, 11) is 0. The van der Waals surface area contributed by atoms with E-state index in [9.17, 15) is 29.4 Å².